The van der Waals surface area contributed by atoms with Crippen LogP contribution in [0.25, 0.3) is 0 Å². The number of methoxy groups -OCH3 is 1. The number of ether oxygens (including phenoxy) is 1. The molecular formula is C15H23NO. The molecule has 0 aromatic heterocycles. The topological polar surface area (TPSA) is 21.3 Å². The van der Waals surface area contributed by atoms with Crippen LogP contribution in [-0.2, 0) is 5.41 Å². The minimum absolute atomic E-state index is 0.337. The first kappa shape index (κ1) is 12.4. The van der Waals surface area contributed by atoms with E-state index in [0.717, 1.165) is 24.8 Å². The van der Waals surface area contributed by atoms with Crippen molar-refractivity contribution in [3.63, 3.8) is 0 Å². The Balaban J connectivity index is 2.20. The fraction of sp³-hybridized carbons (Fsp3) is 0.600. The van der Waals surface area contributed by atoms with Gasteiger partial charge in [0.25, 0.3) is 0 Å². The summed E-state index contributed by atoms with van der Waals surface area (Å²) in [7, 11) is 1.74. The van der Waals surface area contributed by atoms with Gasteiger partial charge < -0.3 is 10.1 Å². The van der Waals surface area contributed by atoms with Crippen molar-refractivity contribution < 1.29 is 4.74 Å². The SMILES string of the molecule is CCNCC1(c2cccc(OC)c2)CC(C)C1. The second-order valence-corrected chi connectivity index (χ2v) is 5.31. The molecule has 0 amide bonds. The van der Waals surface area contributed by atoms with Crippen LogP contribution in [0.1, 0.15) is 32.3 Å². The summed E-state index contributed by atoms with van der Waals surface area (Å²) in [6.45, 7) is 6.63. The van der Waals surface area contributed by atoms with Crippen molar-refractivity contribution >= 4 is 0 Å². The van der Waals surface area contributed by atoms with Gasteiger partial charge in [-0.05, 0) is 43.0 Å². The van der Waals surface area contributed by atoms with Crippen molar-refractivity contribution in [2.45, 2.75) is 32.1 Å². The van der Waals surface area contributed by atoms with Gasteiger partial charge >= 0.3 is 0 Å². The Hall–Kier alpha value is -1.02. The molecule has 0 heterocycles. The van der Waals surface area contributed by atoms with Crippen LogP contribution in [0.5, 0.6) is 5.75 Å². The van der Waals surface area contributed by atoms with Crippen LogP contribution in [-0.4, -0.2) is 20.2 Å². The molecule has 2 heteroatoms. The third kappa shape index (κ3) is 2.47. The molecule has 0 bridgehead atoms. The van der Waals surface area contributed by atoms with Crippen LogP contribution in [0.4, 0.5) is 0 Å². The molecule has 0 unspecified atom stereocenters. The molecule has 1 fully saturated rings. The predicted octanol–water partition coefficient (Wildman–Crippen LogP) is 2.97. The molecule has 2 rings (SSSR count). The lowest BCUT2D eigenvalue weighted by Gasteiger charge is -2.47. The molecule has 1 aromatic rings. The molecule has 2 nitrogen and oxygen atoms in total. The van der Waals surface area contributed by atoms with Crippen molar-refractivity contribution in [1.29, 1.82) is 0 Å². The zero-order valence-electron chi connectivity index (χ0n) is 11.1. The van der Waals surface area contributed by atoms with Crippen molar-refractivity contribution in [2.75, 3.05) is 20.2 Å². The van der Waals surface area contributed by atoms with Crippen molar-refractivity contribution in [3.8, 4) is 5.75 Å². The molecule has 0 radical (unpaired) electrons. The van der Waals surface area contributed by atoms with Crippen molar-refractivity contribution in [2.24, 2.45) is 5.92 Å². The zero-order chi connectivity index (χ0) is 12.3. The maximum Gasteiger partial charge on any atom is 0.119 e. The maximum absolute atomic E-state index is 5.33. The van der Waals surface area contributed by atoms with E-state index in [1.165, 1.54) is 18.4 Å². The molecule has 1 aliphatic rings. The first-order chi connectivity index (χ1) is 8.20. The minimum Gasteiger partial charge on any atom is -0.497 e. The predicted molar refractivity (Wildman–Crippen MR) is 71.6 cm³/mol. The maximum atomic E-state index is 5.33. The monoisotopic (exact) mass is 233 g/mol. The number of likely N-dealkylation sites (N-methyl/N-ethyl adjacent to an activating group) is 1. The van der Waals surface area contributed by atoms with Crippen LogP contribution in [0, 0.1) is 5.92 Å². The summed E-state index contributed by atoms with van der Waals surface area (Å²) in [6, 6.07) is 8.56. The van der Waals surface area contributed by atoms with Gasteiger partial charge in [0, 0.05) is 12.0 Å². The summed E-state index contributed by atoms with van der Waals surface area (Å²) < 4.78 is 5.33. The lowest BCUT2D eigenvalue weighted by molar-refractivity contribution is 0.153. The molecule has 0 spiro atoms. The quantitative estimate of drug-likeness (QED) is 0.844. The van der Waals surface area contributed by atoms with E-state index in [1.54, 1.807) is 7.11 Å². The van der Waals surface area contributed by atoms with Crippen LogP contribution in [0.3, 0.4) is 0 Å². The highest BCUT2D eigenvalue weighted by atomic mass is 16.5. The summed E-state index contributed by atoms with van der Waals surface area (Å²) in [4.78, 5) is 0. The molecule has 0 saturated heterocycles. The van der Waals surface area contributed by atoms with Crippen molar-refractivity contribution in [3.05, 3.63) is 29.8 Å². The molecule has 0 atom stereocenters. The van der Waals surface area contributed by atoms with Gasteiger partial charge in [-0.15, -0.1) is 0 Å². The Kier molecular flexibility index (Phi) is 3.72. The molecule has 17 heavy (non-hydrogen) atoms. The summed E-state index contributed by atoms with van der Waals surface area (Å²) in [5.41, 5.74) is 1.76. The Labute approximate surface area is 104 Å². The van der Waals surface area contributed by atoms with Gasteiger partial charge in [-0.25, -0.2) is 0 Å². The molecule has 1 aliphatic carbocycles. The lowest BCUT2D eigenvalue weighted by atomic mass is 9.59. The van der Waals surface area contributed by atoms with Gasteiger partial charge in [-0.2, -0.15) is 0 Å². The van der Waals surface area contributed by atoms with Gasteiger partial charge in [0.2, 0.25) is 0 Å². The largest absolute Gasteiger partial charge is 0.497 e. The number of benzene rings is 1. The fourth-order valence-electron chi connectivity index (χ4n) is 3.07. The standard InChI is InChI=1S/C15H23NO/c1-4-16-11-15(9-12(2)10-15)13-6-5-7-14(8-13)17-3/h5-8,12,16H,4,9-11H2,1-3H3. The van der Waals surface area contributed by atoms with E-state index in [0.29, 0.717) is 5.41 Å². The first-order valence-corrected chi connectivity index (χ1v) is 6.55. The average molecular weight is 233 g/mol. The Morgan fingerprint density at radius 3 is 2.76 bits per heavy atom. The highest BCUT2D eigenvalue weighted by molar-refractivity contribution is 5.36. The second kappa shape index (κ2) is 5.09. The molecule has 1 N–H and O–H groups in total. The molecule has 0 aliphatic heterocycles. The summed E-state index contributed by atoms with van der Waals surface area (Å²) in [5.74, 6) is 1.82. The Morgan fingerprint density at radius 1 is 1.41 bits per heavy atom. The number of hydrogen-bond donors (Lipinski definition) is 1. The molecule has 1 aromatic carbocycles. The van der Waals surface area contributed by atoms with Gasteiger partial charge in [-0.1, -0.05) is 26.0 Å². The summed E-state index contributed by atoms with van der Waals surface area (Å²) in [5, 5.41) is 3.51. The number of rotatable bonds is 5. The minimum atomic E-state index is 0.337. The van der Waals surface area contributed by atoms with E-state index in [1.807, 2.05) is 6.07 Å². The van der Waals surface area contributed by atoms with Gasteiger partial charge in [0.15, 0.2) is 0 Å². The normalized spacial score (nSPS) is 27.6. The zero-order valence-corrected chi connectivity index (χ0v) is 11.1. The van der Waals surface area contributed by atoms with Crippen LogP contribution >= 0.6 is 0 Å². The summed E-state index contributed by atoms with van der Waals surface area (Å²) in [6.07, 6.45) is 2.57. The second-order valence-electron chi connectivity index (χ2n) is 5.31. The van der Waals surface area contributed by atoms with E-state index in [4.69, 9.17) is 4.74 Å². The van der Waals surface area contributed by atoms with E-state index < -0.39 is 0 Å². The van der Waals surface area contributed by atoms with Gasteiger partial charge in [-0.3, -0.25) is 0 Å². The molecule has 94 valence electrons. The Bertz CT molecular complexity index is 369. The number of nitrogens with one attached hydrogen (secondary N) is 1. The van der Waals surface area contributed by atoms with Crippen LogP contribution in [0.15, 0.2) is 24.3 Å². The fourth-order valence-corrected chi connectivity index (χ4v) is 3.07. The van der Waals surface area contributed by atoms with Crippen LogP contribution < -0.4 is 10.1 Å². The average Bonchev–Trinajstić information content (AvgIpc) is 2.33. The number of hydrogen-bond acceptors (Lipinski definition) is 2. The van der Waals surface area contributed by atoms with Crippen LogP contribution in [0.2, 0.25) is 0 Å². The summed E-state index contributed by atoms with van der Waals surface area (Å²) >= 11 is 0. The third-order valence-corrected chi connectivity index (χ3v) is 3.87. The Morgan fingerprint density at radius 2 is 2.18 bits per heavy atom. The van der Waals surface area contributed by atoms with E-state index in [-0.39, 0.29) is 0 Å². The van der Waals surface area contributed by atoms with Gasteiger partial charge in [0.1, 0.15) is 5.75 Å². The first-order valence-electron chi connectivity index (χ1n) is 6.55. The highest BCUT2D eigenvalue weighted by Gasteiger charge is 2.42. The van der Waals surface area contributed by atoms with E-state index in [9.17, 15) is 0 Å². The van der Waals surface area contributed by atoms with E-state index >= 15 is 0 Å². The third-order valence-electron chi connectivity index (χ3n) is 3.87. The lowest BCUT2D eigenvalue weighted by Crippen LogP contribution is -2.47. The smallest absolute Gasteiger partial charge is 0.119 e. The van der Waals surface area contributed by atoms with Crippen molar-refractivity contribution in [1.82, 2.24) is 5.32 Å². The highest BCUT2D eigenvalue weighted by Crippen LogP contribution is 2.47. The van der Waals surface area contributed by atoms with Gasteiger partial charge in [0.05, 0.1) is 7.11 Å². The molecule has 1 saturated carbocycles. The molecular weight excluding hydrogens is 210 g/mol. The van der Waals surface area contributed by atoms with E-state index in [2.05, 4.69) is 37.4 Å².